The lowest BCUT2D eigenvalue weighted by atomic mass is 10.1. The Morgan fingerprint density at radius 2 is 1.74 bits per heavy atom. The van der Waals surface area contributed by atoms with Gasteiger partial charge in [0, 0.05) is 44.5 Å². The van der Waals surface area contributed by atoms with Gasteiger partial charge in [0.15, 0.2) is 11.0 Å². The molecule has 0 aliphatic carbocycles. The zero-order valence-electron chi connectivity index (χ0n) is 18.1. The van der Waals surface area contributed by atoms with Gasteiger partial charge in [0.1, 0.15) is 5.75 Å². The van der Waals surface area contributed by atoms with Crippen molar-refractivity contribution in [3.63, 3.8) is 0 Å². The largest absolute Gasteiger partial charge is 0.497 e. The number of hydrogen-bond acceptors (Lipinski definition) is 6. The first-order valence-corrected chi connectivity index (χ1v) is 11.3. The molecule has 0 spiro atoms. The molecule has 7 nitrogen and oxygen atoms in total. The number of hydrogen-bond donors (Lipinski definition) is 0. The van der Waals surface area contributed by atoms with Crippen molar-refractivity contribution in [3.8, 4) is 17.1 Å². The molecule has 1 aliphatic heterocycles. The monoisotopic (exact) mass is 437 g/mol. The van der Waals surface area contributed by atoms with E-state index in [-0.39, 0.29) is 5.91 Å². The van der Waals surface area contributed by atoms with Crippen molar-refractivity contribution in [1.82, 2.24) is 19.7 Å². The van der Waals surface area contributed by atoms with E-state index in [2.05, 4.69) is 40.2 Å². The van der Waals surface area contributed by atoms with E-state index in [4.69, 9.17) is 4.74 Å². The van der Waals surface area contributed by atoms with Crippen LogP contribution in [-0.2, 0) is 11.8 Å². The molecule has 1 aromatic heterocycles. The highest BCUT2D eigenvalue weighted by Gasteiger charge is 2.22. The van der Waals surface area contributed by atoms with Gasteiger partial charge in [-0.05, 0) is 36.8 Å². The summed E-state index contributed by atoms with van der Waals surface area (Å²) >= 11 is 1.44. The summed E-state index contributed by atoms with van der Waals surface area (Å²) in [5.74, 6) is 2.17. The Balaban J connectivity index is 1.31. The molecule has 0 unspecified atom stereocenters. The Hall–Kier alpha value is -3.00. The van der Waals surface area contributed by atoms with Crippen LogP contribution in [0.5, 0.6) is 5.75 Å². The second-order valence-corrected chi connectivity index (χ2v) is 8.48. The van der Waals surface area contributed by atoms with E-state index in [0.29, 0.717) is 5.75 Å². The third-order valence-electron chi connectivity index (χ3n) is 5.62. The summed E-state index contributed by atoms with van der Waals surface area (Å²) in [6, 6.07) is 16.2. The highest BCUT2D eigenvalue weighted by Crippen LogP contribution is 2.25. The minimum atomic E-state index is 0.139. The number of nitrogens with zero attached hydrogens (tertiary/aromatic N) is 5. The Labute approximate surface area is 187 Å². The second kappa shape index (κ2) is 9.43. The maximum atomic E-state index is 12.8. The first kappa shape index (κ1) is 21.2. The van der Waals surface area contributed by atoms with Crippen LogP contribution in [0.15, 0.2) is 53.7 Å². The predicted molar refractivity (Wildman–Crippen MR) is 124 cm³/mol. The number of anilines is 1. The third kappa shape index (κ3) is 4.69. The quantitative estimate of drug-likeness (QED) is 0.552. The molecule has 0 bridgehead atoms. The van der Waals surface area contributed by atoms with Crippen LogP contribution >= 0.6 is 11.8 Å². The molecule has 1 aliphatic rings. The molecule has 0 radical (unpaired) electrons. The van der Waals surface area contributed by atoms with Gasteiger partial charge in [-0.25, -0.2) is 0 Å². The molecule has 2 heterocycles. The standard InChI is InChI=1S/C23H27N5O2S/c1-17-6-4-5-7-20(17)22-24-25-23(26(22)2)31-16-21(29)28-14-12-27(13-15-28)18-8-10-19(30-3)11-9-18/h4-11H,12-16H2,1-3H3. The number of amides is 1. The molecule has 1 saturated heterocycles. The molecule has 0 atom stereocenters. The summed E-state index contributed by atoms with van der Waals surface area (Å²) in [4.78, 5) is 17.0. The number of methoxy groups -OCH3 is 1. The van der Waals surface area contributed by atoms with Crippen LogP contribution in [0.2, 0.25) is 0 Å². The lowest BCUT2D eigenvalue weighted by molar-refractivity contribution is -0.128. The minimum absolute atomic E-state index is 0.139. The summed E-state index contributed by atoms with van der Waals surface area (Å²) in [6.45, 7) is 5.15. The highest BCUT2D eigenvalue weighted by atomic mass is 32.2. The number of ether oxygens (including phenoxy) is 1. The summed E-state index contributed by atoms with van der Waals surface area (Å²) in [5.41, 5.74) is 3.37. The predicted octanol–water partition coefficient (Wildman–Crippen LogP) is 3.24. The number of piperazine rings is 1. The van der Waals surface area contributed by atoms with Crippen LogP contribution in [0.3, 0.4) is 0 Å². The van der Waals surface area contributed by atoms with Crippen LogP contribution in [-0.4, -0.2) is 64.6 Å². The molecule has 3 aromatic rings. The van der Waals surface area contributed by atoms with E-state index >= 15 is 0 Å². The smallest absolute Gasteiger partial charge is 0.233 e. The SMILES string of the molecule is COc1ccc(N2CCN(C(=O)CSc3nnc(-c4ccccc4C)n3C)CC2)cc1. The molecule has 1 amide bonds. The van der Waals surface area contributed by atoms with E-state index < -0.39 is 0 Å². The Morgan fingerprint density at radius 3 is 2.42 bits per heavy atom. The molecule has 8 heteroatoms. The van der Waals surface area contributed by atoms with Crippen LogP contribution in [0.4, 0.5) is 5.69 Å². The topological polar surface area (TPSA) is 63.5 Å². The van der Waals surface area contributed by atoms with E-state index in [1.54, 1.807) is 7.11 Å². The number of carbonyl (C=O) groups is 1. The number of carbonyl (C=O) groups excluding carboxylic acids is 1. The molecule has 1 fully saturated rings. The fourth-order valence-corrected chi connectivity index (χ4v) is 4.54. The second-order valence-electron chi connectivity index (χ2n) is 7.53. The van der Waals surface area contributed by atoms with E-state index in [1.807, 2.05) is 46.8 Å². The molecule has 0 saturated carbocycles. The van der Waals surface area contributed by atoms with Crippen molar-refractivity contribution in [3.05, 3.63) is 54.1 Å². The molecule has 0 N–H and O–H groups in total. The minimum Gasteiger partial charge on any atom is -0.497 e. The van der Waals surface area contributed by atoms with Crippen LogP contribution in [0.25, 0.3) is 11.4 Å². The maximum absolute atomic E-state index is 12.8. The summed E-state index contributed by atoms with van der Waals surface area (Å²) in [7, 11) is 3.62. The highest BCUT2D eigenvalue weighted by molar-refractivity contribution is 7.99. The average Bonchev–Trinajstić information content (AvgIpc) is 3.18. The number of benzene rings is 2. The Kier molecular flexibility index (Phi) is 6.46. The molecular weight excluding hydrogens is 410 g/mol. The zero-order valence-corrected chi connectivity index (χ0v) is 18.9. The van der Waals surface area contributed by atoms with Crippen LogP contribution < -0.4 is 9.64 Å². The van der Waals surface area contributed by atoms with Gasteiger partial charge in [-0.1, -0.05) is 36.0 Å². The fraction of sp³-hybridized carbons (Fsp3) is 0.348. The normalized spacial score (nSPS) is 14.0. The third-order valence-corrected chi connectivity index (χ3v) is 6.62. The van der Waals surface area contributed by atoms with Gasteiger partial charge in [-0.3, -0.25) is 4.79 Å². The van der Waals surface area contributed by atoms with E-state index in [0.717, 1.165) is 59.7 Å². The first-order chi connectivity index (χ1) is 15.1. The Morgan fingerprint density at radius 1 is 1.03 bits per heavy atom. The molecule has 162 valence electrons. The fourth-order valence-electron chi connectivity index (χ4n) is 3.72. The summed E-state index contributed by atoms with van der Waals surface area (Å²) in [6.07, 6.45) is 0. The number of rotatable bonds is 6. The van der Waals surface area contributed by atoms with Gasteiger partial charge >= 0.3 is 0 Å². The van der Waals surface area contributed by atoms with Crippen molar-refractivity contribution >= 4 is 23.4 Å². The lowest BCUT2D eigenvalue weighted by Crippen LogP contribution is -2.49. The van der Waals surface area contributed by atoms with Crippen molar-refractivity contribution in [2.45, 2.75) is 12.1 Å². The summed E-state index contributed by atoms with van der Waals surface area (Å²) < 4.78 is 7.18. The van der Waals surface area contributed by atoms with Gasteiger partial charge in [-0.2, -0.15) is 0 Å². The maximum Gasteiger partial charge on any atom is 0.233 e. The number of aryl methyl sites for hydroxylation is 1. The summed E-state index contributed by atoms with van der Waals surface area (Å²) in [5, 5.41) is 9.40. The molecule has 4 rings (SSSR count). The average molecular weight is 438 g/mol. The van der Waals surface area contributed by atoms with Crippen molar-refractivity contribution < 1.29 is 9.53 Å². The van der Waals surface area contributed by atoms with Gasteiger partial charge in [-0.15, -0.1) is 10.2 Å². The van der Waals surface area contributed by atoms with E-state index in [1.165, 1.54) is 11.8 Å². The molecule has 31 heavy (non-hydrogen) atoms. The van der Waals surface area contributed by atoms with Crippen LogP contribution in [0.1, 0.15) is 5.56 Å². The van der Waals surface area contributed by atoms with E-state index in [9.17, 15) is 4.79 Å². The van der Waals surface area contributed by atoms with Crippen molar-refractivity contribution in [2.75, 3.05) is 43.9 Å². The first-order valence-electron chi connectivity index (χ1n) is 10.3. The molecular formula is C23H27N5O2S. The molecule has 2 aromatic carbocycles. The van der Waals surface area contributed by atoms with Gasteiger partial charge in [0.2, 0.25) is 5.91 Å². The van der Waals surface area contributed by atoms with Gasteiger partial charge < -0.3 is 19.1 Å². The van der Waals surface area contributed by atoms with Crippen molar-refractivity contribution in [1.29, 1.82) is 0 Å². The van der Waals surface area contributed by atoms with Gasteiger partial charge in [0.05, 0.1) is 12.9 Å². The van der Waals surface area contributed by atoms with Crippen molar-refractivity contribution in [2.24, 2.45) is 7.05 Å². The zero-order chi connectivity index (χ0) is 21.8. The van der Waals surface area contributed by atoms with Crippen LogP contribution in [0, 0.1) is 6.92 Å². The lowest BCUT2D eigenvalue weighted by Gasteiger charge is -2.36. The number of thioether (sulfide) groups is 1. The number of aromatic nitrogens is 3. The van der Waals surface area contributed by atoms with Gasteiger partial charge in [0.25, 0.3) is 0 Å². The Bertz CT molecular complexity index is 1040.